The van der Waals surface area contributed by atoms with Gasteiger partial charge < -0.3 is 15.8 Å². The number of nitrogens with two attached hydrogens (primary N) is 1. The first-order valence-corrected chi connectivity index (χ1v) is 7.89. The maximum atomic E-state index is 11.9. The summed E-state index contributed by atoms with van der Waals surface area (Å²) >= 11 is 5.82. The molecule has 2 amide bonds. The van der Waals surface area contributed by atoms with Crippen molar-refractivity contribution in [3.63, 3.8) is 0 Å². The van der Waals surface area contributed by atoms with E-state index in [-0.39, 0.29) is 29.7 Å². The Hall–Kier alpha value is -2.53. The Morgan fingerprint density at radius 2 is 1.92 bits per heavy atom. The summed E-state index contributed by atoms with van der Waals surface area (Å²) in [7, 11) is 0. The number of nitrogens with one attached hydrogen (secondary N) is 1. The maximum absolute atomic E-state index is 11.9. The molecular weight excluding hydrogens is 328 g/mol. The van der Waals surface area contributed by atoms with E-state index in [1.165, 1.54) is 12.1 Å². The SMILES string of the molecule is C[C@@H](CNC(=O)COc1ccc(Cl)cc1C(N)=O)c1ccccc1. The molecule has 0 unspecified atom stereocenters. The third-order valence-corrected chi connectivity index (χ3v) is 3.77. The molecule has 0 aliphatic rings. The second kappa shape index (κ2) is 8.36. The van der Waals surface area contributed by atoms with E-state index in [0.717, 1.165) is 5.56 Å². The molecular formula is C18H19ClN2O3. The smallest absolute Gasteiger partial charge is 0.257 e. The van der Waals surface area contributed by atoms with Gasteiger partial charge in [-0.3, -0.25) is 9.59 Å². The quantitative estimate of drug-likeness (QED) is 0.808. The number of halogens is 1. The Morgan fingerprint density at radius 3 is 2.58 bits per heavy atom. The number of carbonyl (C=O) groups is 2. The van der Waals surface area contributed by atoms with E-state index in [9.17, 15) is 9.59 Å². The van der Waals surface area contributed by atoms with E-state index >= 15 is 0 Å². The molecule has 126 valence electrons. The molecule has 0 saturated carbocycles. The highest BCUT2D eigenvalue weighted by Gasteiger charge is 2.13. The summed E-state index contributed by atoms with van der Waals surface area (Å²) in [5.74, 6) is -0.515. The number of carbonyl (C=O) groups excluding carboxylic acids is 2. The monoisotopic (exact) mass is 346 g/mol. The minimum Gasteiger partial charge on any atom is -0.483 e. The molecule has 1 atom stereocenters. The molecule has 3 N–H and O–H groups in total. The van der Waals surface area contributed by atoms with E-state index in [2.05, 4.69) is 5.32 Å². The van der Waals surface area contributed by atoms with Gasteiger partial charge in [-0.15, -0.1) is 0 Å². The second-order valence-corrected chi connectivity index (χ2v) is 5.85. The van der Waals surface area contributed by atoms with E-state index < -0.39 is 5.91 Å². The average Bonchev–Trinajstić information content (AvgIpc) is 2.59. The Labute approximate surface area is 145 Å². The summed E-state index contributed by atoms with van der Waals surface area (Å²) in [4.78, 5) is 23.3. The van der Waals surface area contributed by atoms with Gasteiger partial charge >= 0.3 is 0 Å². The number of benzene rings is 2. The summed E-state index contributed by atoms with van der Waals surface area (Å²) in [6.45, 7) is 2.32. The van der Waals surface area contributed by atoms with Gasteiger partial charge in [0.15, 0.2) is 6.61 Å². The van der Waals surface area contributed by atoms with Crippen LogP contribution in [-0.4, -0.2) is 25.0 Å². The normalized spacial score (nSPS) is 11.6. The fourth-order valence-electron chi connectivity index (χ4n) is 2.18. The van der Waals surface area contributed by atoms with Crippen molar-refractivity contribution < 1.29 is 14.3 Å². The molecule has 0 aliphatic heterocycles. The first-order chi connectivity index (χ1) is 11.5. The first-order valence-electron chi connectivity index (χ1n) is 7.51. The lowest BCUT2D eigenvalue weighted by Gasteiger charge is -2.14. The van der Waals surface area contributed by atoms with Crippen LogP contribution in [-0.2, 0) is 4.79 Å². The molecule has 0 bridgehead atoms. The van der Waals surface area contributed by atoms with Gasteiger partial charge in [0, 0.05) is 11.6 Å². The average molecular weight is 347 g/mol. The van der Waals surface area contributed by atoms with Crippen molar-refractivity contribution in [1.82, 2.24) is 5.32 Å². The van der Waals surface area contributed by atoms with E-state index in [1.54, 1.807) is 6.07 Å². The van der Waals surface area contributed by atoms with Crippen molar-refractivity contribution in [2.45, 2.75) is 12.8 Å². The Kier molecular flexibility index (Phi) is 6.21. The molecule has 6 heteroatoms. The molecule has 0 spiro atoms. The molecule has 2 aromatic carbocycles. The summed E-state index contributed by atoms with van der Waals surface area (Å²) in [5, 5.41) is 3.18. The van der Waals surface area contributed by atoms with Crippen LogP contribution >= 0.6 is 11.6 Å². The lowest BCUT2D eigenvalue weighted by atomic mass is 10.0. The predicted octanol–water partition coefficient (Wildman–Crippen LogP) is 2.74. The van der Waals surface area contributed by atoms with Crippen molar-refractivity contribution >= 4 is 23.4 Å². The van der Waals surface area contributed by atoms with Crippen LogP contribution in [0.1, 0.15) is 28.8 Å². The van der Waals surface area contributed by atoms with E-state index in [1.807, 2.05) is 37.3 Å². The molecule has 0 aromatic heterocycles. The lowest BCUT2D eigenvalue weighted by molar-refractivity contribution is -0.123. The van der Waals surface area contributed by atoms with Crippen LogP contribution in [0.3, 0.4) is 0 Å². The fourth-order valence-corrected chi connectivity index (χ4v) is 2.35. The molecule has 2 rings (SSSR count). The number of rotatable bonds is 7. The molecule has 5 nitrogen and oxygen atoms in total. The van der Waals surface area contributed by atoms with Gasteiger partial charge in [0.05, 0.1) is 5.56 Å². The summed E-state index contributed by atoms with van der Waals surface area (Å²) < 4.78 is 5.38. The van der Waals surface area contributed by atoms with Gasteiger partial charge in [-0.2, -0.15) is 0 Å². The molecule has 0 aliphatic carbocycles. The van der Waals surface area contributed by atoms with Crippen molar-refractivity contribution in [3.05, 3.63) is 64.7 Å². The van der Waals surface area contributed by atoms with Gasteiger partial charge in [0.2, 0.25) is 0 Å². The Balaban J connectivity index is 1.87. The molecule has 0 radical (unpaired) electrons. The van der Waals surface area contributed by atoms with Crippen LogP contribution in [0.2, 0.25) is 5.02 Å². The molecule has 0 heterocycles. The van der Waals surface area contributed by atoms with Gasteiger partial charge in [-0.25, -0.2) is 0 Å². The second-order valence-electron chi connectivity index (χ2n) is 5.41. The zero-order valence-corrected chi connectivity index (χ0v) is 14.0. The fraction of sp³-hybridized carbons (Fsp3) is 0.222. The Bertz CT molecular complexity index is 719. The summed E-state index contributed by atoms with van der Waals surface area (Å²) in [5.41, 5.74) is 6.57. The zero-order valence-electron chi connectivity index (χ0n) is 13.3. The van der Waals surface area contributed by atoms with Crippen molar-refractivity contribution in [3.8, 4) is 5.75 Å². The zero-order chi connectivity index (χ0) is 17.5. The maximum Gasteiger partial charge on any atom is 0.257 e. The first kappa shape index (κ1) is 17.8. The number of ether oxygens (including phenoxy) is 1. The summed E-state index contributed by atoms with van der Waals surface area (Å²) in [6.07, 6.45) is 0. The highest BCUT2D eigenvalue weighted by molar-refractivity contribution is 6.31. The highest BCUT2D eigenvalue weighted by atomic mass is 35.5. The van der Waals surface area contributed by atoms with Crippen LogP contribution < -0.4 is 15.8 Å². The molecule has 2 aromatic rings. The lowest BCUT2D eigenvalue weighted by Crippen LogP contribution is -2.32. The van der Waals surface area contributed by atoms with Crippen LogP contribution in [0.15, 0.2) is 48.5 Å². The van der Waals surface area contributed by atoms with E-state index in [4.69, 9.17) is 22.1 Å². The van der Waals surface area contributed by atoms with Crippen molar-refractivity contribution in [2.24, 2.45) is 5.73 Å². The largest absolute Gasteiger partial charge is 0.483 e. The van der Waals surface area contributed by atoms with Crippen LogP contribution in [0.25, 0.3) is 0 Å². The van der Waals surface area contributed by atoms with Crippen LogP contribution in [0.5, 0.6) is 5.75 Å². The van der Waals surface area contributed by atoms with E-state index in [0.29, 0.717) is 11.6 Å². The number of amides is 2. The van der Waals surface area contributed by atoms with Crippen molar-refractivity contribution in [1.29, 1.82) is 0 Å². The molecule has 0 saturated heterocycles. The topological polar surface area (TPSA) is 81.4 Å². The standard InChI is InChI=1S/C18H19ClN2O3/c1-12(13-5-3-2-4-6-13)10-21-17(22)11-24-16-8-7-14(19)9-15(16)18(20)23/h2-9,12H,10-11H2,1H3,(H2,20,23)(H,21,22)/t12-/m0/s1. The van der Waals surface area contributed by atoms with Gasteiger partial charge in [-0.1, -0.05) is 48.9 Å². The van der Waals surface area contributed by atoms with Gasteiger partial charge in [-0.05, 0) is 29.7 Å². The number of primary amides is 1. The number of hydrogen-bond acceptors (Lipinski definition) is 3. The number of hydrogen-bond donors (Lipinski definition) is 2. The third-order valence-electron chi connectivity index (χ3n) is 3.54. The molecule has 0 fully saturated rings. The van der Waals surface area contributed by atoms with Crippen molar-refractivity contribution in [2.75, 3.05) is 13.2 Å². The third kappa shape index (κ3) is 4.99. The Morgan fingerprint density at radius 1 is 1.21 bits per heavy atom. The minimum absolute atomic E-state index is 0.146. The van der Waals surface area contributed by atoms with Crippen LogP contribution in [0.4, 0.5) is 0 Å². The van der Waals surface area contributed by atoms with Gasteiger partial charge in [0.25, 0.3) is 11.8 Å². The van der Waals surface area contributed by atoms with Gasteiger partial charge in [0.1, 0.15) is 5.75 Å². The predicted molar refractivity (Wildman–Crippen MR) is 93.3 cm³/mol. The summed E-state index contributed by atoms with van der Waals surface area (Å²) in [6, 6.07) is 14.4. The highest BCUT2D eigenvalue weighted by Crippen LogP contribution is 2.22. The molecule has 24 heavy (non-hydrogen) atoms. The minimum atomic E-state index is -0.661. The van der Waals surface area contributed by atoms with Crippen LogP contribution in [0, 0.1) is 0 Å².